The Kier molecular flexibility index (Phi) is 7.31. The van der Waals surface area contributed by atoms with Crippen molar-refractivity contribution in [3.63, 3.8) is 0 Å². The van der Waals surface area contributed by atoms with Crippen LogP contribution in [-0.2, 0) is 16.2 Å². The third kappa shape index (κ3) is 5.74. The number of amidine groups is 1. The fraction of sp³-hybridized carbons (Fsp3) is 0.200. The Morgan fingerprint density at radius 3 is 2.87 bits per heavy atom. The van der Waals surface area contributed by atoms with E-state index in [-0.39, 0.29) is 11.8 Å². The van der Waals surface area contributed by atoms with Gasteiger partial charge in [-0.05, 0) is 29.8 Å². The Bertz CT molecular complexity index is 1010. The molecule has 0 radical (unpaired) electrons. The van der Waals surface area contributed by atoms with Crippen molar-refractivity contribution in [3.05, 3.63) is 58.6 Å². The van der Waals surface area contributed by atoms with Crippen LogP contribution in [0.4, 0.5) is 0 Å². The highest BCUT2D eigenvalue weighted by Gasteiger charge is 2.30. The van der Waals surface area contributed by atoms with Gasteiger partial charge in [0.2, 0.25) is 5.91 Å². The standard InChI is InChI=1S/C20H18ClN3O5S/c1-28-15-7-3-5-13(18(15)29-11-12-4-2-6-14(21)8-12)10-22-24-20-23-19(27)16(30-20)9-17(25)26/h2-8,10,16H,9,11H2,1H3,(H,25,26)(H,23,24,27)/p-1/b22-10+. The lowest BCUT2D eigenvalue weighted by atomic mass is 10.2. The molecular formula is C20H17ClN3O5S-. The molecule has 1 aliphatic heterocycles. The van der Waals surface area contributed by atoms with Crippen LogP contribution in [0.2, 0.25) is 5.02 Å². The molecule has 10 heteroatoms. The van der Waals surface area contributed by atoms with Crippen molar-refractivity contribution in [2.75, 3.05) is 7.11 Å². The summed E-state index contributed by atoms with van der Waals surface area (Å²) in [7, 11) is 1.53. The van der Waals surface area contributed by atoms with E-state index in [9.17, 15) is 14.7 Å². The van der Waals surface area contributed by atoms with Crippen LogP contribution in [-0.4, -0.2) is 35.6 Å². The maximum Gasteiger partial charge on any atom is 0.239 e. The molecule has 0 spiro atoms. The minimum absolute atomic E-state index is 0.215. The largest absolute Gasteiger partial charge is 0.550 e. The summed E-state index contributed by atoms with van der Waals surface area (Å²) >= 11 is 7.00. The summed E-state index contributed by atoms with van der Waals surface area (Å²) < 4.78 is 11.3. The molecule has 1 saturated heterocycles. The summed E-state index contributed by atoms with van der Waals surface area (Å²) in [4.78, 5) is 22.4. The maximum atomic E-state index is 11.7. The summed E-state index contributed by atoms with van der Waals surface area (Å²) in [5.74, 6) is -0.747. The molecule has 2 aromatic carbocycles. The van der Waals surface area contributed by atoms with Crippen LogP contribution in [0.1, 0.15) is 17.5 Å². The number of ether oxygens (including phenoxy) is 2. The van der Waals surface area contributed by atoms with E-state index in [4.69, 9.17) is 21.1 Å². The molecule has 3 rings (SSSR count). The fourth-order valence-electron chi connectivity index (χ4n) is 2.61. The van der Waals surface area contributed by atoms with E-state index in [1.54, 1.807) is 30.3 Å². The highest BCUT2D eigenvalue weighted by molar-refractivity contribution is 8.15. The van der Waals surface area contributed by atoms with Crippen molar-refractivity contribution in [3.8, 4) is 11.5 Å². The zero-order chi connectivity index (χ0) is 21.5. The third-order valence-electron chi connectivity index (χ3n) is 3.98. The Hall–Kier alpha value is -3.04. The van der Waals surface area contributed by atoms with Gasteiger partial charge in [0.15, 0.2) is 16.7 Å². The SMILES string of the molecule is COc1cccc(/C=N/N=C2\NC(=O)C(CC(=O)[O-])S2)c1OCc1cccc(Cl)c1. The molecule has 1 unspecified atom stereocenters. The Labute approximate surface area is 181 Å². The summed E-state index contributed by atoms with van der Waals surface area (Å²) in [6, 6.07) is 12.6. The molecule has 1 aliphatic rings. The molecule has 1 atom stereocenters. The van der Waals surface area contributed by atoms with Gasteiger partial charge in [-0.3, -0.25) is 4.79 Å². The zero-order valence-corrected chi connectivity index (χ0v) is 17.4. The van der Waals surface area contributed by atoms with Gasteiger partial charge in [0.1, 0.15) is 6.61 Å². The summed E-state index contributed by atoms with van der Waals surface area (Å²) in [5.41, 5.74) is 1.50. The Morgan fingerprint density at radius 2 is 2.13 bits per heavy atom. The van der Waals surface area contributed by atoms with Gasteiger partial charge in [0.05, 0.1) is 18.6 Å². The number of benzene rings is 2. The van der Waals surface area contributed by atoms with Gasteiger partial charge in [0.25, 0.3) is 0 Å². The number of rotatable bonds is 8. The number of carboxylic acids is 1. The van der Waals surface area contributed by atoms with E-state index in [0.717, 1.165) is 17.3 Å². The van der Waals surface area contributed by atoms with Gasteiger partial charge < -0.3 is 24.7 Å². The van der Waals surface area contributed by atoms with Crippen LogP contribution in [0, 0.1) is 0 Å². The zero-order valence-electron chi connectivity index (χ0n) is 15.8. The average molecular weight is 447 g/mol. The first-order valence-corrected chi connectivity index (χ1v) is 10.0. The van der Waals surface area contributed by atoms with Gasteiger partial charge in [-0.15, -0.1) is 5.10 Å². The van der Waals surface area contributed by atoms with E-state index >= 15 is 0 Å². The highest BCUT2D eigenvalue weighted by atomic mass is 35.5. The number of carbonyl (C=O) groups excluding carboxylic acids is 2. The van der Waals surface area contributed by atoms with Crippen molar-refractivity contribution in [2.24, 2.45) is 10.2 Å². The minimum Gasteiger partial charge on any atom is -0.550 e. The van der Waals surface area contributed by atoms with Gasteiger partial charge in [-0.2, -0.15) is 5.10 Å². The second-order valence-electron chi connectivity index (χ2n) is 6.12. The first-order valence-electron chi connectivity index (χ1n) is 8.79. The smallest absolute Gasteiger partial charge is 0.239 e. The molecule has 2 aromatic rings. The molecule has 1 fully saturated rings. The third-order valence-corrected chi connectivity index (χ3v) is 5.28. The van der Waals surface area contributed by atoms with Crippen molar-refractivity contribution in [1.82, 2.24) is 5.32 Å². The number of hydrogen-bond acceptors (Lipinski definition) is 8. The highest BCUT2D eigenvalue weighted by Crippen LogP contribution is 2.31. The van der Waals surface area contributed by atoms with Crippen molar-refractivity contribution >= 4 is 46.6 Å². The molecule has 0 bridgehead atoms. The fourth-order valence-corrected chi connectivity index (χ4v) is 3.73. The number of aliphatic carboxylic acids is 1. The molecule has 1 heterocycles. The maximum absolute atomic E-state index is 11.7. The van der Waals surface area contributed by atoms with Gasteiger partial charge in [0, 0.05) is 23.0 Å². The van der Waals surface area contributed by atoms with Crippen molar-refractivity contribution in [2.45, 2.75) is 18.3 Å². The van der Waals surface area contributed by atoms with E-state index in [1.165, 1.54) is 13.3 Å². The first-order chi connectivity index (χ1) is 14.5. The molecule has 8 nitrogen and oxygen atoms in total. The predicted octanol–water partition coefficient (Wildman–Crippen LogP) is 1.99. The lowest BCUT2D eigenvalue weighted by Gasteiger charge is -2.13. The minimum atomic E-state index is -1.30. The van der Waals surface area contributed by atoms with Gasteiger partial charge in [-0.1, -0.05) is 41.6 Å². The van der Waals surface area contributed by atoms with E-state index < -0.39 is 23.5 Å². The number of carboxylic acid groups (broad SMARTS) is 1. The second-order valence-corrected chi connectivity index (χ2v) is 7.75. The van der Waals surface area contributed by atoms with Crippen LogP contribution < -0.4 is 19.9 Å². The number of carbonyl (C=O) groups is 2. The lowest BCUT2D eigenvalue weighted by Crippen LogP contribution is -2.31. The quantitative estimate of drug-likeness (QED) is 0.490. The van der Waals surface area contributed by atoms with Crippen LogP contribution in [0.25, 0.3) is 0 Å². The molecule has 0 saturated carbocycles. The van der Waals surface area contributed by atoms with Crippen LogP contribution in [0.5, 0.6) is 11.5 Å². The topological polar surface area (TPSA) is 112 Å². The van der Waals surface area contributed by atoms with Gasteiger partial charge >= 0.3 is 0 Å². The molecule has 0 aromatic heterocycles. The van der Waals surface area contributed by atoms with Gasteiger partial charge in [-0.25, -0.2) is 0 Å². The molecule has 1 N–H and O–H groups in total. The second kappa shape index (κ2) is 10.1. The number of hydrogen-bond donors (Lipinski definition) is 1. The molecule has 156 valence electrons. The molecule has 30 heavy (non-hydrogen) atoms. The van der Waals surface area contributed by atoms with E-state index in [0.29, 0.717) is 22.1 Å². The summed E-state index contributed by atoms with van der Waals surface area (Å²) in [6.07, 6.45) is 1.07. The lowest BCUT2D eigenvalue weighted by molar-refractivity contribution is -0.305. The summed E-state index contributed by atoms with van der Waals surface area (Å²) in [6.45, 7) is 0.271. The number of halogens is 1. The number of nitrogens with one attached hydrogen (secondary N) is 1. The van der Waals surface area contributed by atoms with Crippen molar-refractivity contribution in [1.29, 1.82) is 0 Å². The van der Waals surface area contributed by atoms with E-state index in [1.807, 2.05) is 12.1 Å². The number of nitrogens with zero attached hydrogens (tertiary/aromatic N) is 2. The Morgan fingerprint density at radius 1 is 1.33 bits per heavy atom. The van der Waals surface area contributed by atoms with Crippen molar-refractivity contribution < 1.29 is 24.2 Å². The molecule has 0 aliphatic carbocycles. The normalized spacial score (nSPS) is 17.3. The van der Waals surface area contributed by atoms with E-state index in [2.05, 4.69) is 15.5 Å². The predicted molar refractivity (Wildman–Crippen MR) is 113 cm³/mol. The number of para-hydroxylation sites is 1. The van der Waals surface area contributed by atoms with Crippen LogP contribution in [0.3, 0.4) is 0 Å². The molecule has 1 amide bonds. The van der Waals surface area contributed by atoms with Crippen LogP contribution in [0.15, 0.2) is 52.7 Å². The number of methoxy groups -OCH3 is 1. The monoisotopic (exact) mass is 446 g/mol. The average Bonchev–Trinajstić information content (AvgIpc) is 3.05. The van der Waals surface area contributed by atoms with Crippen LogP contribution >= 0.6 is 23.4 Å². The first kappa shape index (κ1) is 21.7. The Balaban J connectivity index is 1.74. The number of thioether (sulfide) groups is 1. The summed E-state index contributed by atoms with van der Waals surface area (Å²) in [5, 5.41) is 21.1. The molecular weight excluding hydrogens is 430 g/mol. The number of amides is 1.